The lowest BCUT2D eigenvalue weighted by molar-refractivity contribution is -0.131. The number of para-hydroxylation sites is 1. The zero-order valence-corrected chi connectivity index (χ0v) is 17.8. The second-order valence-electron chi connectivity index (χ2n) is 6.89. The van der Waals surface area contributed by atoms with E-state index in [0.29, 0.717) is 54.7 Å². The smallest absolute Gasteiger partial charge is 0.267 e. The lowest BCUT2D eigenvalue weighted by Crippen LogP contribution is -2.49. The highest BCUT2D eigenvalue weighted by molar-refractivity contribution is 7.14. The second kappa shape index (κ2) is 9.36. The number of benzene rings is 1. The molecule has 6 nitrogen and oxygen atoms in total. The topological polar surface area (TPSA) is 65.5 Å². The predicted octanol–water partition coefficient (Wildman–Crippen LogP) is 3.88. The lowest BCUT2D eigenvalue weighted by Gasteiger charge is -2.36. The first-order valence-corrected chi connectivity index (χ1v) is 11.4. The number of aromatic nitrogens is 1. The summed E-state index contributed by atoms with van der Waals surface area (Å²) in [6.07, 6.45) is 0.888. The molecule has 30 heavy (non-hydrogen) atoms. The average Bonchev–Trinajstić information content (AvgIpc) is 3.45. The minimum absolute atomic E-state index is 0.0698. The molecule has 0 spiro atoms. The zero-order valence-electron chi connectivity index (χ0n) is 16.2. The Morgan fingerprint density at radius 1 is 1.07 bits per heavy atom. The summed E-state index contributed by atoms with van der Waals surface area (Å²) in [5, 5.41) is 7.04. The van der Waals surface area contributed by atoms with Gasteiger partial charge < -0.3 is 9.80 Å². The normalized spacial score (nSPS) is 14.0. The molecule has 4 rings (SSSR count). The minimum atomic E-state index is -0.234. The fourth-order valence-electron chi connectivity index (χ4n) is 3.34. The standard InChI is InChI=1S/C21H21FN4O2S2/c22-16-4-1-2-5-17(16)25-9-11-26(12-10-25)19(27)8-7-15-14-30-21(23-15)24-20(28)18-6-3-13-29-18/h1-6,13-14H,7-12H2,(H,23,24,28). The van der Waals surface area contributed by atoms with E-state index in [0.717, 1.165) is 5.69 Å². The number of amides is 2. The van der Waals surface area contributed by atoms with Gasteiger partial charge in [-0.1, -0.05) is 18.2 Å². The molecule has 0 aliphatic carbocycles. The molecule has 3 heterocycles. The van der Waals surface area contributed by atoms with Crippen molar-refractivity contribution in [1.82, 2.24) is 9.88 Å². The van der Waals surface area contributed by atoms with Crippen molar-refractivity contribution in [3.05, 3.63) is 63.5 Å². The third-order valence-electron chi connectivity index (χ3n) is 4.94. The van der Waals surface area contributed by atoms with Crippen molar-refractivity contribution in [2.45, 2.75) is 12.8 Å². The summed E-state index contributed by atoms with van der Waals surface area (Å²) in [4.78, 5) is 33.5. The second-order valence-corrected chi connectivity index (χ2v) is 8.70. The minimum Gasteiger partial charge on any atom is -0.366 e. The van der Waals surface area contributed by atoms with E-state index in [4.69, 9.17) is 0 Å². The first-order valence-electron chi connectivity index (χ1n) is 9.66. The average molecular weight is 445 g/mol. The number of hydrogen-bond donors (Lipinski definition) is 1. The van der Waals surface area contributed by atoms with Crippen molar-refractivity contribution in [3.63, 3.8) is 0 Å². The Labute approximate surface area is 182 Å². The molecule has 156 valence electrons. The summed E-state index contributed by atoms with van der Waals surface area (Å²) < 4.78 is 13.9. The van der Waals surface area contributed by atoms with Crippen LogP contribution in [0.25, 0.3) is 0 Å². The van der Waals surface area contributed by atoms with E-state index in [1.165, 1.54) is 28.7 Å². The highest BCUT2D eigenvalue weighted by atomic mass is 32.1. The van der Waals surface area contributed by atoms with Gasteiger partial charge in [0.15, 0.2) is 5.13 Å². The number of hydrogen-bond acceptors (Lipinski definition) is 6. The van der Waals surface area contributed by atoms with Crippen molar-refractivity contribution < 1.29 is 14.0 Å². The van der Waals surface area contributed by atoms with Gasteiger partial charge in [-0.25, -0.2) is 9.37 Å². The van der Waals surface area contributed by atoms with Gasteiger partial charge in [-0.3, -0.25) is 14.9 Å². The van der Waals surface area contributed by atoms with Crippen LogP contribution in [0, 0.1) is 5.82 Å². The molecule has 0 atom stereocenters. The number of rotatable bonds is 6. The number of anilines is 2. The molecule has 1 aromatic carbocycles. The number of thiazole rings is 1. The number of piperazine rings is 1. The highest BCUT2D eigenvalue weighted by Crippen LogP contribution is 2.21. The lowest BCUT2D eigenvalue weighted by atomic mass is 10.2. The van der Waals surface area contributed by atoms with Crippen molar-refractivity contribution in [2.24, 2.45) is 0 Å². The Balaban J connectivity index is 1.24. The Morgan fingerprint density at radius 2 is 1.87 bits per heavy atom. The molecule has 1 aliphatic rings. The summed E-state index contributed by atoms with van der Waals surface area (Å²) >= 11 is 2.73. The third kappa shape index (κ3) is 4.85. The third-order valence-corrected chi connectivity index (χ3v) is 6.61. The molecule has 1 saturated heterocycles. The molecule has 0 bridgehead atoms. The molecule has 1 N–H and O–H groups in total. The van der Waals surface area contributed by atoms with Gasteiger partial charge in [0.1, 0.15) is 5.82 Å². The molecule has 1 fully saturated rings. The number of nitrogens with zero attached hydrogens (tertiary/aromatic N) is 3. The first kappa shape index (κ1) is 20.5. The number of nitrogens with one attached hydrogen (secondary N) is 1. The van der Waals surface area contributed by atoms with Crippen LogP contribution in [0.4, 0.5) is 15.2 Å². The SMILES string of the molecule is O=C(Nc1nc(CCC(=O)N2CCN(c3ccccc3F)CC2)cs1)c1cccs1. The van der Waals surface area contributed by atoms with Crippen LogP contribution in [0.3, 0.4) is 0 Å². The van der Waals surface area contributed by atoms with Gasteiger partial charge in [-0.2, -0.15) is 0 Å². The number of carbonyl (C=O) groups excluding carboxylic acids is 2. The molecule has 1 aliphatic heterocycles. The van der Waals surface area contributed by atoms with Crippen LogP contribution in [-0.2, 0) is 11.2 Å². The van der Waals surface area contributed by atoms with Gasteiger partial charge in [0.2, 0.25) is 5.91 Å². The van der Waals surface area contributed by atoms with Crippen LogP contribution >= 0.6 is 22.7 Å². The Morgan fingerprint density at radius 3 is 2.60 bits per heavy atom. The maximum atomic E-state index is 13.9. The van der Waals surface area contributed by atoms with Crippen molar-refractivity contribution in [3.8, 4) is 0 Å². The monoisotopic (exact) mass is 444 g/mol. The first-order chi connectivity index (χ1) is 14.6. The zero-order chi connectivity index (χ0) is 20.9. The molecule has 3 aromatic rings. The van der Waals surface area contributed by atoms with Gasteiger partial charge in [-0.05, 0) is 30.0 Å². The molecular weight excluding hydrogens is 423 g/mol. The van der Waals surface area contributed by atoms with Crippen LogP contribution in [0.15, 0.2) is 47.2 Å². The van der Waals surface area contributed by atoms with Crippen LogP contribution in [0.2, 0.25) is 0 Å². The van der Waals surface area contributed by atoms with Gasteiger partial charge in [0.25, 0.3) is 5.91 Å². The summed E-state index contributed by atoms with van der Waals surface area (Å²) in [6, 6.07) is 10.3. The van der Waals surface area contributed by atoms with Gasteiger partial charge >= 0.3 is 0 Å². The predicted molar refractivity (Wildman–Crippen MR) is 118 cm³/mol. The molecule has 2 aromatic heterocycles. The van der Waals surface area contributed by atoms with E-state index in [2.05, 4.69) is 10.3 Å². The van der Waals surface area contributed by atoms with Crippen molar-refractivity contribution in [2.75, 3.05) is 36.4 Å². The van der Waals surface area contributed by atoms with Crippen molar-refractivity contribution in [1.29, 1.82) is 0 Å². The number of thiophene rings is 1. The number of carbonyl (C=O) groups is 2. The molecule has 0 radical (unpaired) electrons. The van der Waals surface area contributed by atoms with Crippen LogP contribution in [0.5, 0.6) is 0 Å². The van der Waals surface area contributed by atoms with E-state index >= 15 is 0 Å². The van der Waals surface area contributed by atoms with Crippen LogP contribution < -0.4 is 10.2 Å². The van der Waals surface area contributed by atoms with Gasteiger partial charge in [-0.15, -0.1) is 22.7 Å². The van der Waals surface area contributed by atoms with E-state index in [9.17, 15) is 14.0 Å². The maximum absolute atomic E-state index is 13.9. The molecule has 0 unspecified atom stereocenters. The molecule has 0 saturated carbocycles. The fraction of sp³-hybridized carbons (Fsp3) is 0.286. The van der Waals surface area contributed by atoms with Crippen molar-refractivity contribution >= 4 is 45.3 Å². The number of halogens is 1. The van der Waals surface area contributed by atoms with Crippen LogP contribution in [-0.4, -0.2) is 47.9 Å². The van der Waals surface area contributed by atoms with Gasteiger partial charge in [0, 0.05) is 38.0 Å². The van der Waals surface area contributed by atoms with Crippen LogP contribution in [0.1, 0.15) is 21.8 Å². The van der Waals surface area contributed by atoms with E-state index in [1.807, 2.05) is 32.7 Å². The van der Waals surface area contributed by atoms with E-state index in [-0.39, 0.29) is 17.6 Å². The fourth-order valence-corrected chi connectivity index (χ4v) is 4.70. The molecule has 9 heteroatoms. The van der Waals surface area contributed by atoms with E-state index < -0.39 is 0 Å². The highest BCUT2D eigenvalue weighted by Gasteiger charge is 2.22. The quantitative estimate of drug-likeness (QED) is 0.627. The summed E-state index contributed by atoms with van der Waals surface area (Å²) in [6.45, 7) is 2.38. The summed E-state index contributed by atoms with van der Waals surface area (Å²) in [7, 11) is 0. The van der Waals surface area contributed by atoms with E-state index in [1.54, 1.807) is 18.2 Å². The summed E-state index contributed by atoms with van der Waals surface area (Å²) in [5.74, 6) is -0.335. The van der Waals surface area contributed by atoms with Gasteiger partial charge in [0.05, 0.1) is 16.3 Å². The Kier molecular flexibility index (Phi) is 6.39. The summed E-state index contributed by atoms with van der Waals surface area (Å²) in [5.41, 5.74) is 1.38. The number of aryl methyl sites for hydroxylation is 1. The Bertz CT molecular complexity index is 1010. The molecule has 2 amide bonds. The molecular formula is C21H21FN4O2S2. The maximum Gasteiger partial charge on any atom is 0.267 e. The largest absolute Gasteiger partial charge is 0.366 e. The Hall–Kier alpha value is -2.78.